The average molecular weight is 516 g/mol. The number of carbonyl (C=O) groups excluding carboxylic acids is 1. The number of carbonyl (C=O) groups is 1. The first-order chi connectivity index (χ1) is 16.4. The molecule has 0 radical (unpaired) electrons. The summed E-state index contributed by atoms with van der Waals surface area (Å²) in [6.07, 6.45) is -2.83. The Morgan fingerprint density at radius 3 is 2.54 bits per heavy atom. The van der Waals surface area contributed by atoms with E-state index in [9.17, 15) is 31.0 Å². The lowest BCUT2D eigenvalue weighted by Gasteiger charge is -2.28. The third-order valence-corrected chi connectivity index (χ3v) is 7.29. The van der Waals surface area contributed by atoms with Crippen molar-refractivity contribution in [2.75, 3.05) is 29.6 Å². The van der Waals surface area contributed by atoms with Crippen LogP contribution in [0.4, 0.5) is 33.5 Å². The number of rotatable bonds is 5. The molecule has 0 bridgehead atoms. The molecule has 0 spiro atoms. The minimum Gasteiger partial charge on any atom is -0.356 e. The van der Waals surface area contributed by atoms with E-state index < -0.39 is 40.8 Å². The van der Waals surface area contributed by atoms with E-state index in [1.807, 2.05) is 0 Å². The Kier molecular flexibility index (Phi) is 6.91. The molecular formula is C24H26F5N3O2S. The van der Waals surface area contributed by atoms with Crippen molar-refractivity contribution in [3.05, 3.63) is 46.6 Å². The van der Waals surface area contributed by atoms with Crippen LogP contribution in [0.1, 0.15) is 65.2 Å². The molecule has 1 atom stereocenters. The summed E-state index contributed by atoms with van der Waals surface area (Å²) in [6.45, 7) is 1.26. The van der Waals surface area contributed by atoms with Crippen molar-refractivity contribution in [3.8, 4) is 0 Å². The van der Waals surface area contributed by atoms with Crippen LogP contribution in [-0.4, -0.2) is 40.4 Å². The van der Waals surface area contributed by atoms with Gasteiger partial charge in [0.1, 0.15) is 5.82 Å². The van der Waals surface area contributed by atoms with Crippen LogP contribution in [0.25, 0.3) is 0 Å². The molecule has 11 heteroatoms. The van der Waals surface area contributed by atoms with Crippen LogP contribution in [0, 0.1) is 6.92 Å². The normalized spacial score (nSPS) is 19.2. The van der Waals surface area contributed by atoms with Gasteiger partial charge in [-0.15, -0.1) is 0 Å². The minimum absolute atomic E-state index is 0.00261. The second-order valence-electron chi connectivity index (χ2n) is 9.10. The van der Waals surface area contributed by atoms with E-state index in [4.69, 9.17) is 0 Å². The molecule has 1 saturated carbocycles. The maximum Gasteiger partial charge on any atom is 0.418 e. The zero-order chi connectivity index (χ0) is 25.5. The molecule has 1 amide bonds. The number of aromatic nitrogens is 1. The summed E-state index contributed by atoms with van der Waals surface area (Å²) in [7, 11) is -1.33. The van der Waals surface area contributed by atoms with Gasteiger partial charge in [-0.25, -0.2) is 13.8 Å². The third-order valence-electron chi connectivity index (χ3n) is 6.37. The zero-order valence-electron chi connectivity index (χ0n) is 19.3. The predicted octanol–water partition coefficient (Wildman–Crippen LogP) is 5.90. The van der Waals surface area contributed by atoms with Crippen LogP contribution in [0.2, 0.25) is 0 Å². The highest BCUT2D eigenvalue weighted by atomic mass is 32.2. The molecule has 1 N–H and O–H groups in total. The molecule has 2 fully saturated rings. The van der Waals surface area contributed by atoms with E-state index in [-0.39, 0.29) is 60.2 Å². The molecule has 1 aliphatic carbocycles. The van der Waals surface area contributed by atoms with Gasteiger partial charge < -0.3 is 10.2 Å². The van der Waals surface area contributed by atoms with E-state index in [1.54, 1.807) is 12.1 Å². The summed E-state index contributed by atoms with van der Waals surface area (Å²) < 4.78 is 82.2. The molecular weight excluding hydrogens is 489 g/mol. The number of hydrogen-bond donors (Lipinski definition) is 1. The minimum atomic E-state index is -4.73. The van der Waals surface area contributed by atoms with Crippen LogP contribution in [0.15, 0.2) is 29.2 Å². The van der Waals surface area contributed by atoms with E-state index in [2.05, 4.69) is 10.3 Å². The molecule has 2 aliphatic rings. The van der Waals surface area contributed by atoms with Gasteiger partial charge in [0, 0.05) is 59.5 Å². The number of amides is 1. The monoisotopic (exact) mass is 515 g/mol. The quantitative estimate of drug-likeness (QED) is 0.504. The van der Waals surface area contributed by atoms with Gasteiger partial charge in [-0.3, -0.25) is 9.00 Å². The predicted molar refractivity (Wildman–Crippen MR) is 124 cm³/mol. The highest BCUT2D eigenvalue weighted by Gasteiger charge is 2.44. The molecule has 2 aromatic rings. The Morgan fingerprint density at radius 1 is 1.20 bits per heavy atom. The van der Waals surface area contributed by atoms with Gasteiger partial charge >= 0.3 is 6.18 Å². The first kappa shape index (κ1) is 25.5. The smallest absolute Gasteiger partial charge is 0.356 e. The van der Waals surface area contributed by atoms with Crippen LogP contribution in [0.3, 0.4) is 0 Å². The Morgan fingerprint density at radius 2 is 1.91 bits per heavy atom. The van der Waals surface area contributed by atoms with Gasteiger partial charge in [0.2, 0.25) is 5.92 Å². The first-order valence-electron chi connectivity index (χ1n) is 11.4. The van der Waals surface area contributed by atoms with Crippen molar-refractivity contribution in [2.45, 2.75) is 61.9 Å². The third kappa shape index (κ3) is 5.65. The summed E-state index contributed by atoms with van der Waals surface area (Å²) in [5.41, 5.74) is -1.35. The Hall–Kier alpha value is -2.56. The fraction of sp³-hybridized carbons (Fsp3) is 0.500. The number of anilines is 2. The molecule has 5 nitrogen and oxygen atoms in total. The van der Waals surface area contributed by atoms with Gasteiger partial charge in [0.05, 0.1) is 16.8 Å². The van der Waals surface area contributed by atoms with Crippen LogP contribution in [-0.2, 0) is 17.0 Å². The molecule has 35 heavy (non-hydrogen) atoms. The van der Waals surface area contributed by atoms with Gasteiger partial charge in [0.15, 0.2) is 0 Å². The highest BCUT2D eigenvalue weighted by molar-refractivity contribution is 7.84. The molecule has 1 aliphatic heterocycles. The maximum absolute atomic E-state index is 14.1. The van der Waals surface area contributed by atoms with Gasteiger partial charge in [0.25, 0.3) is 5.91 Å². The SMILES string of the molecule is Cc1c(C(=O)Nc2cccc(S(C)=O)c2)c(N2CCCC(F)(F)CC2)nc(C2CC2)c1C(F)(F)F. The van der Waals surface area contributed by atoms with Gasteiger partial charge in [-0.05, 0) is 49.9 Å². The lowest BCUT2D eigenvalue weighted by Crippen LogP contribution is -2.31. The fourth-order valence-corrected chi connectivity index (χ4v) is 5.01. The van der Waals surface area contributed by atoms with E-state index in [1.165, 1.54) is 30.2 Å². The first-order valence-corrected chi connectivity index (χ1v) is 12.9. The second kappa shape index (κ2) is 9.48. The summed E-state index contributed by atoms with van der Waals surface area (Å²) in [5, 5.41) is 2.59. The Labute approximate surface area is 202 Å². The van der Waals surface area contributed by atoms with Crippen molar-refractivity contribution in [1.82, 2.24) is 4.98 Å². The summed E-state index contributed by atoms with van der Waals surface area (Å²) in [6, 6.07) is 6.19. The molecule has 1 aromatic carbocycles. The molecule has 1 aromatic heterocycles. The number of halogens is 5. The van der Waals surface area contributed by atoms with Crippen LogP contribution >= 0.6 is 0 Å². The number of nitrogens with zero attached hydrogens (tertiary/aromatic N) is 2. The topological polar surface area (TPSA) is 62.3 Å². The lowest BCUT2D eigenvalue weighted by molar-refractivity contribution is -0.139. The van der Waals surface area contributed by atoms with Crippen LogP contribution in [0.5, 0.6) is 0 Å². The molecule has 2 heterocycles. The van der Waals surface area contributed by atoms with Gasteiger partial charge in [-0.2, -0.15) is 13.2 Å². The van der Waals surface area contributed by atoms with Crippen molar-refractivity contribution >= 4 is 28.2 Å². The van der Waals surface area contributed by atoms with E-state index >= 15 is 0 Å². The fourth-order valence-electron chi connectivity index (χ4n) is 4.44. The number of benzene rings is 1. The lowest BCUT2D eigenvalue weighted by atomic mass is 9.97. The summed E-state index contributed by atoms with van der Waals surface area (Å²) in [4.78, 5) is 19.7. The molecule has 1 unspecified atom stereocenters. The van der Waals surface area contributed by atoms with E-state index in [0.717, 1.165) is 0 Å². The highest BCUT2D eigenvalue weighted by Crippen LogP contribution is 2.48. The largest absolute Gasteiger partial charge is 0.418 e. The molecule has 1 saturated heterocycles. The van der Waals surface area contributed by atoms with Crippen LogP contribution < -0.4 is 10.2 Å². The Bertz CT molecular complexity index is 1160. The van der Waals surface area contributed by atoms with Crippen molar-refractivity contribution in [3.63, 3.8) is 0 Å². The second-order valence-corrected chi connectivity index (χ2v) is 10.5. The van der Waals surface area contributed by atoms with Crippen molar-refractivity contribution in [2.24, 2.45) is 0 Å². The number of hydrogen-bond acceptors (Lipinski definition) is 4. The summed E-state index contributed by atoms with van der Waals surface area (Å²) >= 11 is 0. The number of nitrogens with one attached hydrogen (secondary N) is 1. The zero-order valence-corrected chi connectivity index (χ0v) is 20.2. The Balaban J connectivity index is 1.82. The van der Waals surface area contributed by atoms with Gasteiger partial charge in [-0.1, -0.05) is 6.07 Å². The standard InChI is InChI=1S/C24H26F5N3O2S/c1-14-18(22(33)30-16-5-3-6-17(13-16)35(2)34)21(32-11-4-9-23(25,26)10-12-32)31-20(15-7-8-15)19(14)24(27,28)29/h3,5-6,13,15H,4,7-12H2,1-2H3,(H,30,33). The number of pyridine rings is 1. The molecule has 190 valence electrons. The average Bonchev–Trinajstić information content (AvgIpc) is 3.60. The number of alkyl halides is 5. The summed E-state index contributed by atoms with van der Waals surface area (Å²) in [5.74, 6) is -4.07. The van der Waals surface area contributed by atoms with Crippen molar-refractivity contribution < 1.29 is 31.0 Å². The van der Waals surface area contributed by atoms with E-state index in [0.29, 0.717) is 17.7 Å². The molecule has 4 rings (SSSR count). The maximum atomic E-state index is 14.1. The van der Waals surface area contributed by atoms with Crippen molar-refractivity contribution in [1.29, 1.82) is 0 Å².